The Labute approximate surface area is 167 Å². The first-order valence-corrected chi connectivity index (χ1v) is 9.03. The second-order valence-electron chi connectivity index (χ2n) is 6.06. The van der Waals surface area contributed by atoms with Crippen LogP contribution in [0.4, 0.5) is 10.5 Å². The molecule has 3 rings (SSSR count). The van der Waals surface area contributed by atoms with Crippen molar-refractivity contribution in [2.75, 3.05) is 38.7 Å². The van der Waals surface area contributed by atoms with Crippen molar-refractivity contribution in [2.45, 2.75) is 6.10 Å². The lowest BCUT2D eigenvalue weighted by Gasteiger charge is -2.32. The molecule has 0 aliphatic carbocycles. The van der Waals surface area contributed by atoms with Gasteiger partial charge in [0.1, 0.15) is 18.5 Å². The zero-order valence-corrected chi connectivity index (χ0v) is 16.0. The molecule has 1 aliphatic rings. The smallest absolute Gasteiger partial charge is 0.339 e. The van der Waals surface area contributed by atoms with Crippen molar-refractivity contribution in [3.63, 3.8) is 0 Å². The van der Waals surface area contributed by atoms with Crippen molar-refractivity contribution in [3.8, 4) is 5.75 Å². The molecular formula is C19H20ClN3O5. The number of nitrogens with one attached hydrogen (secondary N) is 1. The number of aromatic nitrogens is 1. The van der Waals surface area contributed by atoms with E-state index in [1.54, 1.807) is 41.4 Å². The number of methoxy groups -OCH3 is 1. The number of hydrogen-bond donors (Lipinski definition) is 1. The molecular weight excluding hydrogens is 386 g/mol. The van der Waals surface area contributed by atoms with Gasteiger partial charge in [-0.15, -0.1) is 0 Å². The van der Waals surface area contributed by atoms with Gasteiger partial charge in [-0.25, -0.2) is 9.59 Å². The molecule has 1 fully saturated rings. The minimum Gasteiger partial charge on any atom is -0.489 e. The van der Waals surface area contributed by atoms with E-state index in [0.29, 0.717) is 41.7 Å². The van der Waals surface area contributed by atoms with Crippen LogP contribution < -0.4 is 10.1 Å². The number of carbonyl (C=O) groups is 2. The molecule has 9 heteroatoms. The van der Waals surface area contributed by atoms with Crippen LogP contribution in [0.5, 0.6) is 5.75 Å². The zero-order valence-electron chi connectivity index (χ0n) is 15.3. The maximum Gasteiger partial charge on any atom is 0.339 e. The number of pyridine rings is 1. The van der Waals surface area contributed by atoms with Crippen LogP contribution in [0.25, 0.3) is 0 Å². The summed E-state index contributed by atoms with van der Waals surface area (Å²) in [5.41, 5.74) is 0.684. The molecule has 1 N–H and O–H groups in total. The monoisotopic (exact) mass is 405 g/mol. The average Bonchev–Trinajstić information content (AvgIpc) is 2.72. The number of esters is 1. The molecule has 0 saturated carbocycles. The van der Waals surface area contributed by atoms with E-state index >= 15 is 0 Å². The van der Waals surface area contributed by atoms with Gasteiger partial charge < -0.3 is 24.4 Å². The molecule has 148 valence electrons. The van der Waals surface area contributed by atoms with E-state index < -0.39 is 5.97 Å². The maximum atomic E-state index is 12.6. The lowest BCUT2D eigenvalue weighted by molar-refractivity contribution is -0.0337. The van der Waals surface area contributed by atoms with Gasteiger partial charge in [0.25, 0.3) is 0 Å². The Balaban J connectivity index is 1.58. The number of urea groups is 1. The van der Waals surface area contributed by atoms with Gasteiger partial charge in [0.2, 0.25) is 0 Å². The summed E-state index contributed by atoms with van der Waals surface area (Å²) in [6.07, 6.45) is 2.78. The summed E-state index contributed by atoms with van der Waals surface area (Å²) in [7, 11) is 1.29. The van der Waals surface area contributed by atoms with Crippen molar-refractivity contribution in [1.29, 1.82) is 0 Å². The van der Waals surface area contributed by atoms with Crippen molar-refractivity contribution < 1.29 is 23.8 Å². The van der Waals surface area contributed by atoms with Crippen molar-refractivity contribution in [1.82, 2.24) is 9.88 Å². The van der Waals surface area contributed by atoms with Crippen LogP contribution in [0.2, 0.25) is 5.02 Å². The first-order chi connectivity index (χ1) is 13.6. The number of anilines is 1. The summed E-state index contributed by atoms with van der Waals surface area (Å²) in [5, 5.41) is 3.24. The standard InChI is InChI=1S/C19H20ClN3O5/c1-26-18(24)16-4-2-3-5-17(16)22-19(25)23-6-7-27-15(11-23)12-28-14-8-13(20)9-21-10-14/h2-5,8-10,15H,6-7,11-12H2,1H3,(H,22,25). The summed E-state index contributed by atoms with van der Waals surface area (Å²) < 4.78 is 16.1. The predicted octanol–water partition coefficient (Wildman–Crippen LogP) is 2.83. The highest BCUT2D eigenvalue weighted by Gasteiger charge is 2.26. The van der Waals surface area contributed by atoms with Crippen LogP contribution in [0.3, 0.4) is 0 Å². The Bertz CT molecular complexity index is 848. The fourth-order valence-corrected chi connectivity index (χ4v) is 2.90. The molecule has 2 heterocycles. The van der Waals surface area contributed by atoms with E-state index in [2.05, 4.69) is 10.3 Å². The maximum absolute atomic E-state index is 12.6. The number of rotatable bonds is 5. The summed E-state index contributed by atoms with van der Waals surface area (Å²) in [6.45, 7) is 1.42. The van der Waals surface area contributed by atoms with Crippen LogP contribution in [0.15, 0.2) is 42.7 Å². The molecule has 2 amide bonds. The first kappa shape index (κ1) is 19.9. The fourth-order valence-electron chi connectivity index (χ4n) is 2.74. The van der Waals surface area contributed by atoms with E-state index in [1.807, 2.05) is 0 Å². The zero-order chi connectivity index (χ0) is 19.9. The van der Waals surface area contributed by atoms with Crippen LogP contribution in [-0.2, 0) is 9.47 Å². The lowest BCUT2D eigenvalue weighted by atomic mass is 10.2. The number of carbonyl (C=O) groups excluding carboxylic acids is 2. The Hall–Kier alpha value is -2.84. The third kappa shape index (κ3) is 5.11. The molecule has 1 atom stereocenters. The second kappa shape index (κ2) is 9.38. The lowest BCUT2D eigenvalue weighted by Crippen LogP contribution is -2.49. The Morgan fingerprint density at radius 1 is 1.36 bits per heavy atom. The molecule has 1 aliphatic heterocycles. The fraction of sp³-hybridized carbons (Fsp3) is 0.316. The number of hydrogen-bond acceptors (Lipinski definition) is 6. The quantitative estimate of drug-likeness (QED) is 0.769. The summed E-state index contributed by atoms with van der Waals surface area (Å²) in [4.78, 5) is 30.1. The van der Waals surface area contributed by atoms with Crippen LogP contribution in [-0.4, -0.2) is 61.4 Å². The minimum absolute atomic E-state index is 0.255. The SMILES string of the molecule is COC(=O)c1ccccc1NC(=O)N1CCOC(COc2cncc(Cl)c2)C1. The molecule has 28 heavy (non-hydrogen) atoms. The van der Waals surface area contributed by atoms with E-state index in [0.717, 1.165) is 0 Å². The van der Waals surface area contributed by atoms with Crippen molar-refractivity contribution in [2.24, 2.45) is 0 Å². The van der Waals surface area contributed by atoms with Gasteiger partial charge in [-0.05, 0) is 12.1 Å². The Morgan fingerprint density at radius 2 is 2.18 bits per heavy atom. The number of nitrogens with zero attached hydrogens (tertiary/aromatic N) is 2. The minimum atomic E-state index is -0.515. The summed E-state index contributed by atoms with van der Waals surface area (Å²) in [6, 6.07) is 8.01. The number of benzene rings is 1. The number of amides is 2. The number of morpholine rings is 1. The summed E-state index contributed by atoms with van der Waals surface area (Å²) in [5.74, 6) is 0.0176. The predicted molar refractivity (Wildman–Crippen MR) is 103 cm³/mol. The molecule has 8 nitrogen and oxygen atoms in total. The van der Waals surface area contributed by atoms with Crippen molar-refractivity contribution >= 4 is 29.3 Å². The van der Waals surface area contributed by atoms with E-state index in [4.69, 9.17) is 25.8 Å². The molecule has 1 saturated heterocycles. The molecule has 1 aromatic heterocycles. The molecule has 0 radical (unpaired) electrons. The normalized spacial score (nSPS) is 16.4. The molecule has 0 spiro atoms. The highest BCUT2D eigenvalue weighted by molar-refractivity contribution is 6.30. The average molecular weight is 406 g/mol. The van der Waals surface area contributed by atoms with E-state index in [-0.39, 0.29) is 18.7 Å². The van der Waals surface area contributed by atoms with Gasteiger partial charge in [-0.1, -0.05) is 23.7 Å². The summed E-state index contributed by atoms with van der Waals surface area (Å²) >= 11 is 5.89. The molecule has 1 aromatic carbocycles. The highest BCUT2D eigenvalue weighted by Crippen LogP contribution is 2.19. The van der Waals surface area contributed by atoms with Gasteiger partial charge >= 0.3 is 12.0 Å². The third-order valence-corrected chi connectivity index (χ3v) is 4.32. The Kier molecular flexibility index (Phi) is 6.67. The molecule has 1 unspecified atom stereocenters. The van der Waals surface area contributed by atoms with Gasteiger partial charge in [0.15, 0.2) is 0 Å². The first-order valence-electron chi connectivity index (χ1n) is 8.65. The van der Waals surface area contributed by atoms with Gasteiger partial charge in [0, 0.05) is 18.8 Å². The Morgan fingerprint density at radius 3 is 2.96 bits per heavy atom. The van der Waals surface area contributed by atoms with Crippen molar-refractivity contribution in [3.05, 3.63) is 53.3 Å². The van der Waals surface area contributed by atoms with E-state index in [9.17, 15) is 9.59 Å². The topological polar surface area (TPSA) is 90.0 Å². The molecule has 2 aromatic rings. The van der Waals surface area contributed by atoms with Gasteiger partial charge in [-0.2, -0.15) is 0 Å². The molecule has 0 bridgehead atoms. The van der Waals surface area contributed by atoms with Crippen LogP contribution >= 0.6 is 11.6 Å². The van der Waals surface area contributed by atoms with Crippen LogP contribution in [0, 0.1) is 0 Å². The van der Waals surface area contributed by atoms with E-state index in [1.165, 1.54) is 13.3 Å². The highest BCUT2D eigenvalue weighted by atomic mass is 35.5. The number of halogens is 1. The largest absolute Gasteiger partial charge is 0.489 e. The number of ether oxygens (including phenoxy) is 3. The number of para-hydroxylation sites is 1. The van der Waals surface area contributed by atoms with Crippen LogP contribution in [0.1, 0.15) is 10.4 Å². The van der Waals surface area contributed by atoms with Gasteiger partial charge in [-0.3, -0.25) is 4.98 Å². The second-order valence-corrected chi connectivity index (χ2v) is 6.49. The third-order valence-electron chi connectivity index (χ3n) is 4.12. The van der Waals surface area contributed by atoms with Gasteiger partial charge in [0.05, 0.1) is 42.7 Å².